The Bertz CT molecular complexity index is 786. The van der Waals surface area contributed by atoms with Crippen LogP contribution in [0.3, 0.4) is 0 Å². The van der Waals surface area contributed by atoms with Gasteiger partial charge >= 0.3 is 0 Å². The fourth-order valence-electron chi connectivity index (χ4n) is 2.11. The number of nitrogen functional groups attached to an aromatic ring is 1. The Kier molecular flexibility index (Phi) is 4.27. The molecule has 0 aromatic carbocycles. The number of nitrogens with zero attached hydrogens (tertiary/aromatic N) is 4. The molecule has 0 saturated heterocycles. The summed E-state index contributed by atoms with van der Waals surface area (Å²) in [6, 6.07) is 1.60. The van der Waals surface area contributed by atoms with Crippen molar-refractivity contribution in [3.05, 3.63) is 17.4 Å². The molecular formula is C13H20ClN5O2S. The van der Waals surface area contributed by atoms with Crippen LogP contribution in [-0.4, -0.2) is 33.5 Å². The summed E-state index contributed by atoms with van der Waals surface area (Å²) < 4.78 is 27.8. The molecule has 0 unspecified atom stereocenters. The van der Waals surface area contributed by atoms with Crippen molar-refractivity contribution in [3.8, 4) is 5.95 Å². The van der Waals surface area contributed by atoms with Gasteiger partial charge in [0.1, 0.15) is 0 Å². The molecule has 0 atom stereocenters. The summed E-state index contributed by atoms with van der Waals surface area (Å²) in [6.07, 6.45) is 1.62. The Morgan fingerprint density at radius 1 is 1.36 bits per heavy atom. The Hall–Kier alpha value is -1.54. The second-order valence-electron chi connectivity index (χ2n) is 6.24. The van der Waals surface area contributed by atoms with Gasteiger partial charge in [-0.1, -0.05) is 39.3 Å². The van der Waals surface area contributed by atoms with Crippen molar-refractivity contribution in [1.82, 2.24) is 19.3 Å². The van der Waals surface area contributed by atoms with Gasteiger partial charge in [-0.15, -0.1) is 0 Å². The Balaban J connectivity index is 2.72. The highest BCUT2D eigenvalue weighted by molar-refractivity contribution is 7.91. The van der Waals surface area contributed by atoms with Crippen molar-refractivity contribution < 1.29 is 8.42 Å². The summed E-state index contributed by atoms with van der Waals surface area (Å²) in [5.74, 6) is 0.269. The Morgan fingerprint density at radius 3 is 2.45 bits per heavy atom. The monoisotopic (exact) mass is 345 g/mol. The molecule has 9 heteroatoms. The highest BCUT2D eigenvalue weighted by atomic mass is 35.5. The van der Waals surface area contributed by atoms with Gasteiger partial charge in [0.2, 0.25) is 5.95 Å². The van der Waals surface area contributed by atoms with E-state index in [1.807, 2.05) is 20.8 Å². The van der Waals surface area contributed by atoms with Crippen molar-refractivity contribution in [2.45, 2.75) is 39.3 Å². The van der Waals surface area contributed by atoms with Crippen molar-refractivity contribution >= 4 is 27.3 Å². The van der Waals surface area contributed by atoms with Gasteiger partial charge in [0.15, 0.2) is 25.8 Å². The third-order valence-electron chi connectivity index (χ3n) is 2.99. The van der Waals surface area contributed by atoms with E-state index in [1.54, 1.807) is 23.8 Å². The first-order valence-corrected chi connectivity index (χ1v) is 8.88. The Labute approximate surface area is 135 Å². The molecule has 2 heterocycles. The number of anilines is 1. The highest BCUT2D eigenvalue weighted by Crippen LogP contribution is 2.28. The molecule has 0 aliphatic rings. The number of sulfone groups is 1. The third-order valence-corrected chi connectivity index (χ3v) is 4.98. The summed E-state index contributed by atoms with van der Waals surface area (Å²) in [7, 11) is -3.51. The second kappa shape index (κ2) is 5.58. The van der Waals surface area contributed by atoms with E-state index in [4.69, 9.17) is 17.3 Å². The predicted molar refractivity (Wildman–Crippen MR) is 86.0 cm³/mol. The fraction of sp³-hybridized carbons (Fsp3) is 0.538. The summed E-state index contributed by atoms with van der Waals surface area (Å²) in [6.45, 7) is 8.02. The van der Waals surface area contributed by atoms with Gasteiger partial charge in [-0.25, -0.2) is 13.1 Å². The summed E-state index contributed by atoms with van der Waals surface area (Å²) >= 11 is 5.84. The lowest BCUT2D eigenvalue weighted by atomic mass is 9.97. The minimum atomic E-state index is -3.51. The first-order valence-electron chi connectivity index (χ1n) is 6.85. The number of rotatable bonds is 4. The lowest BCUT2D eigenvalue weighted by Gasteiger charge is -2.22. The van der Waals surface area contributed by atoms with E-state index in [9.17, 15) is 8.42 Å². The quantitative estimate of drug-likeness (QED) is 0.915. The second-order valence-corrected chi connectivity index (χ2v) is 8.82. The van der Waals surface area contributed by atoms with Gasteiger partial charge in [0, 0.05) is 12.7 Å². The zero-order valence-electron chi connectivity index (χ0n) is 13.0. The zero-order valence-corrected chi connectivity index (χ0v) is 14.6. The van der Waals surface area contributed by atoms with Crippen LogP contribution in [0.25, 0.3) is 5.95 Å². The van der Waals surface area contributed by atoms with Crippen molar-refractivity contribution in [2.75, 3.05) is 11.5 Å². The number of hydrogen-bond donors (Lipinski definition) is 1. The summed E-state index contributed by atoms with van der Waals surface area (Å²) in [4.78, 5) is 4.20. The zero-order chi connectivity index (χ0) is 16.7. The minimum absolute atomic E-state index is 0.0206. The molecule has 0 amide bonds. The average Bonchev–Trinajstić information content (AvgIpc) is 2.92. The molecular weight excluding hydrogens is 326 g/mol. The van der Waals surface area contributed by atoms with Crippen LogP contribution in [-0.2, 0) is 16.4 Å². The van der Waals surface area contributed by atoms with Gasteiger partial charge in [-0.05, 0) is 11.5 Å². The maximum Gasteiger partial charge on any atom is 0.233 e. The molecule has 22 heavy (non-hydrogen) atoms. The average molecular weight is 346 g/mol. The van der Waals surface area contributed by atoms with Crippen molar-refractivity contribution in [3.63, 3.8) is 0 Å². The molecule has 0 radical (unpaired) electrons. The maximum atomic E-state index is 12.4. The van der Waals surface area contributed by atoms with Gasteiger partial charge in [0.25, 0.3) is 0 Å². The molecule has 0 fully saturated rings. The third kappa shape index (κ3) is 3.27. The molecule has 2 aromatic rings. The molecule has 2 N–H and O–H groups in total. The molecule has 0 bridgehead atoms. The van der Waals surface area contributed by atoms with E-state index in [0.29, 0.717) is 17.6 Å². The molecule has 0 spiro atoms. The Morgan fingerprint density at radius 2 is 2.00 bits per heavy atom. The molecule has 122 valence electrons. The van der Waals surface area contributed by atoms with Crippen molar-refractivity contribution in [2.24, 2.45) is 5.41 Å². The van der Waals surface area contributed by atoms with E-state index < -0.39 is 9.84 Å². The van der Waals surface area contributed by atoms with Gasteiger partial charge < -0.3 is 5.73 Å². The largest absolute Gasteiger partial charge is 0.381 e. The van der Waals surface area contributed by atoms with Crippen LogP contribution >= 0.6 is 11.6 Å². The molecule has 0 saturated carbocycles. The first-order chi connectivity index (χ1) is 10.0. The normalized spacial score (nSPS) is 12.8. The van der Waals surface area contributed by atoms with Crippen LogP contribution in [0.2, 0.25) is 5.15 Å². The standard InChI is InChI=1S/C13H20ClN5O2S/c1-5-22(20,21)11-10(15)16-12(18(11)8-13(2,3)4)19-7-6-9(14)17-19/h6-7H,5,8,15H2,1-4H3. The number of hydrogen-bond acceptors (Lipinski definition) is 5. The minimum Gasteiger partial charge on any atom is -0.381 e. The van der Waals surface area contributed by atoms with Gasteiger partial charge in [-0.2, -0.15) is 10.1 Å². The smallest absolute Gasteiger partial charge is 0.233 e. The molecule has 2 rings (SSSR count). The van der Waals surface area contributed by atoms with Gasteiger partial charge in [0.05, 0.1) is 5.75 Å². The fourth-order valence-corrected chi connectivity index (χ4v) is 3.37. The van der Waals surface area contributed by atoms with Crippen LogP contribution in [0.5, 0.6) is 0 Å². The SMILES string of the molecule is CCS(=O)(=O)c1c(N)nc(-n2ccc(Cl)n2)n1CC(C)(C)C. The van der Waals surface area contributed by atoms with Gasteiger partial charge in [-0.3, -0.25) is 4.57 Å². The van der Waals surface area contributed by atoms with E-state index in [1.165, 1.54) is 4.68 Å². The van der Waals surface area contributed by atoms with Crippen LogP contribution in [0.15, 0.2) is 17.3 Å². The lowest BCUT2D eigenvalue weighted by Crippen LogP contribution is -2.22. The first kappa shape index (κ1) is 16.8. The van der Waals surface area contributed by atoms with Crippen LogP contribution in [0, 0.1) is 5.41 Å². The lowest BCUT2D eigenvalue weighted by molar-refractivity contribution is 0.328. The molecule has 7 nitrogen and oxygen atoms in total. The summed E-state index contributed by atoms with van der Waals surface area (Å²) in [5, 5.41) is 4.41. The van der Waals surface area contributed by atoms with E-state index in [0.717, 1.165) is 0 Å². The van der Waals surface area contributed by atoms with Crippen LogP contribution in [0.4, 0.5) is 5.82 Å². The van der Waals surface area contributed by atoms with Crippen LogP contribution < -0.4 is 5.73 Å². The van der Waals surface area contributed by atoms with Crippen molar-refractivity contribution in [1.29, 1.82) is 0 Å². The molecule has 0 aliphatic carbocycles. The maximum absolute atomic E-state index is 12.4. The predicted octanol–water partition coefficient (Wildman–Crippen LogP) is 2.14. The highest BCUT2D eigenvalue weighted by Gasteiger charge is 2.29. The number of imidazole rings is 1. The van der Waals surface area contributed by atoms with E-state index in [-0.39, 0.29) is 22.0 Å². The molecule has 0 aliphatic heterocycles. The van der Waals surface area contributed by atoms with Crippen LogP contribution in [0.1, 0.15) is 27.7 Å². The number of nitrogens with two attached hydrogens (primary N) is 1. The van der Waals surface area contributed by atoms with E-state index >= 15 is 0 Å². The topological polar surface area (TPSA) is 95.8 Å². The van der Waals surface area contributed by atoms with E-state index in [2.05, 4.69) is 10.1 Å². The number of aromatic nitrogens is 4. The summed E-state index contributed by atoms with van der Waals surface area (Å²) in [5.41, 5.74) is 5.71. The number of halogens is 1. The molecule has 2 aromatic heterocycles.